The van der Waals surface area contributed by atoms with Gasteiger partial charge in [-0.15, -0.1) is 24.0 Å². The second-order valence-electron chi connectivity index (χ2n) is 7.48. The highest BCUT2D eigenvalue weighted by molar-refractivity contribution is 14.0. The lowest BCUT2D eigenvalue weighted by Gasteiger charge is -2.35. The largest absolute Gasteiger partial charge is 0.355 e. The van der Waals surface area contributed by atoms with Crippen LogP contribution in [0.25, 0.3) is 0 Å². The van der Waals surface area contributed by atoms with E-state index in [0.29, 0.717) is 24.6 Å². The van der Waals surface area contributed by atoms with E-state index < -0.39 is 14.6 Å². The van der Waals surface area contributed by atoms with Gasteiger partial charge in [-0.25, -0.2) is 8.42 Å². The Kier molecular flexibility index (Phi) is 10.1. The molecule has 8 heteroatoms. The molecule has 6 nitrogen and oxygen atoms in total. The van der Waals surface area contributed by atoms with Gasteiger partial charge in [-0.3, -0.25) is 4.99 Å². The van der Waals surface area contributed by atoms with Gasteiger partial charge in [-0.05, 0) is 47.5 Å². The van der Waals surface area contributed by atoms with Gasteiger partial charge < -0.3 is 15.5 Å². The summed E-state index contributed by atoms with van der Waals surface area (Å²) in [5, 5.41) is 6.53. The first-order valence-corrected chi connectivity index (χ1v) is 10.2. The summed E-state index contributed by atoms with van der Waals surface area (Å²) < 4.78 is 23.5. The molecular weight excluding hydrogens is 439 g/mol. The van der Waals surface area contributed by atoms with Crippen LogP contribution in [0.3, 0.4) is 0 Å². The third-order valence-electron chi connectivity index (χ3n) is 4.42. The maximum atomic E-state index is 12.1. The lowest BCUT2D eigenvalue weighted by Crippen LogP contribution is -2.50. The second kappa shape index (κ2) is 10.2. The van der Waals surface area contributed by atoms with Gasteiger partial charge in [0, 0.05) is 38.8 Å². The minimum Gasteiger partial charge on any atom is -0.355 e. The molecule has 0 amide bonds. The van der Waals surface area contributed by atoms with Crippen LogP contribution in [0, 0.1) is 0 Å². The highest BCUT2D eigenvalue weighted by Gasteiger charge is 2.28. The monoisotopic (exact) mass is 474 g/mol. The minimum atomic E-state index is -3.10. The van der Waals surface area contributed by atoms with E-state index in [1.165, 1.54) is 0 Å². The fraction of sp³-hybridized carbons (Fsp3) is 0.938. The summed E-state index contributed by atoms with van der Waals surface area (Å²) in [4.78, 5) is 6.68. The lowest BCUT2D eigenvalue weighted by atomic mass is 10.0. The molecule has 24 heavy (non-hydrogen) atoms. The van der Waals surface area contributed by atoms with Crippen LogP contribution in [0.15, 0.2) is 4.99 Å². The third kappa shape index (κ3) is 7.43. The molecule has 144 valence electrons. The first kappa shape index (κ1) is 23.9. The van der Waals surface area contributed by atoms with Crippen molar-refractivity contribution in [3.05, 3.63) is 0 Å². The number of piperidine rings is 1. The molecule has 0 unspecified atom stereocenters. The van der Waals surface area contributed by atoms with Crippen LogP contribution >= 0.6 is 24.0 Å². The molecule has 0 aromatic heterocycles. The topological polar surface area (TPSA) is 73.8 Å². The molecule has 1 heterocycles. The smallest absolute Gasteiger partial charge is 0.191 e. The quantitative estimate of drug-likeness (QED) is 0.362. The first-order valence-electron chi connectivity index (χ1n) is 8.50. The van der Waals surface area contributed by atoms with E-state index in [0.717, 1.165) is 25.9 Å². The molecule has 1 rings (SSSR count). The summed E-state index contributed by atoms with van der Waals surface area (Å²) in [6.45, 7) is 12.2. The number of sulfone groups is 1. The van der Waals surface area contributed by atoms with E-state index in [1.54, 1.807) is 27.8 Å². The molecule has 0 radical (unpaired) electrons. The van der Waals surface area contributed by atoms with Crippen LogP contribution in [0.4, 0.5) is 0 Å². The number of likely N-dealkylation sites (tertiary alicyclic amines) is 1. The highest BCUT2D eigenvalue weighted by atomic mass is 127. The van der Waals surface area contributed by atoms with Crippen LogP contribution in [0.2, 0.25) is 0 Å². The number of nitrogens with zero attached hydrogens (tertiary/aromatic N) is 2. The average Bonchev–Trinajstić information content (AvgIpc) is 2.45. The fourth-order valence-electron chi connectivity index (χ4n) is 2.56. The average molecular weight is 474 g/mol. The molecule has 0 aromatic rings. The van der Waals surface area contributed by atoms with Crippen molar-refractivity contribution in [2.45, 2.75) is 64.3 Å². The van der Waals surface area contributed by atoms with E-state index in [4.69, 9.17) is 0 Å². The van der Waals surface area contributed by atoms with Crippen molar-refractivity contribution in [2.24, 2.45) is 4.99 Å². The molecule has 2 N–H and O–H groups in total. The number of nitrogens with one attached hydrogen (secondary N) is 2. The van der Waals surface area contributed by atoms with Gasteiger partial charge in [0.05, 0.1) is 10.5 Å². The maximum Gasteiger partial charge on any atom is 0.191 e. The predicted molar refractivity (Wildman–Crippen MR) is 113 cm³/mol. The summed E-state index contributed by atoms with van der Waals surface area (Å²) >= 11 is 0. The van der Waals surface area contributed by atoms with Gasteiger partial charge in [0.15, 0.2) is 15.8 Å². The Balaban J connectivity index is 0.00000529. The minimum absolute atomic E-state index is 0. The van der Waals surface area contributed by atoms with Crippen LogP contribution < -0.4 is 10.6 Å². The lowest BCUT2D eigenvalue weighted by molar-refractivity contribution is 0.167. The third-order valence-corrected chi connectivity index (χ3v) is 7.03. The molecule has 1 aliphatic heterocycles. The molecule has 1 saturated heterocycles. The molecular formula is C16H35IN4O2S. The van der Waals surface area contributed by atoms with E-state index in [9.17, 15) is 8.42 Å². The van der Waals surface area contributed by atoms with Crippen molar-refractivity contribution in [3.63, 3.8) is 0 Å². The van der Waals surface area contributed by atoms with Crippen molar-refractivity contribution in [3.8, 4) is 0 Å². The molecule has 1 fully saturated rings. The van der Waals surface area contributed by atoms with Gasteiger partial charge in [0.2, 0.25) is 0 Å². The zero-order chi connectivity index (χ0) is 17.7. The summed E-state index contributed by atoms with van der Waals surface area (Å²) in [5.74, 6) is 0.806. The van der Waals surface area contributed by atoms with Crippen molar-refractivity contribution < 1.29 is 8.42 Å². The van der Waals surface area contributed by atoms with Crippen LogP contribution in [-0.4, -0.2) is 68.5 Å². The van der Waals surface area contributed by atoms with E-state index >= 15 is 0 Å². The van der Waals surface area contributed by atoms with Gasteiger partial charge >= 0.3 is 0 Å². The number of halogens is 1. The zero-order valence-corrected chi connectivity index (χ0v) is 19.1. The summed E-state index contributed by atoms with van der Waals surface area (Å²) in [6.07, 6.45) is 2.17. The Bertz CT molecular complexity index is 493. The molecule has 0 atom stereocenters. The standard InChI is InChI=1S/C16H34N4O2S.HI/c1-13(2)20-10-7-14(8-11-20)19-15(17-6)18-9-12-23(21,22)16(3,4)5;/h13-14H,7-12H2,1-6H3,(H2,17,18,19);1H. The van der Waals surface area contributed by atoms with Crippen molar-refractivity contribution in [1.82, 2.24) is 15.5 Å². The van der Waals surface area contributed by atoms with E-state index in [2.05, 4.69) is 34.4 Å². The zero-order valence-electron chi connectivity index (χ0n) is 15.9. The Morgan fingerprint density at radius 2 is 1.79 bits per heavy atom. The van der Waals surface area contributed by atoms with Crippen LogP contribution in [0.1, 0.15) is 47.5 Å². The predicted octanol–water partition coefficient (Wildman–Crippen LogP) is 1.86. The maximum absolute atomic E-state index is 12.1. The first-order chi connectivity index (χ1) is 10.6. The number of aliphatic imine (C=N–C) groups is 1. The van der Waals surface area contributed by atoms with Gasteiger partial charge in [0.1, 0.15) is 0 Å². The molecule has 0 aliphatic carbocycles. The summed E-state index contributed by atoms with van der Waals surface area (Å²) in [7, 11) is -1.38. The molecule has 0 aromatic carbocycles. The number of hydrogen-bond acceptors (Lipinski definition) is 4. The molecule has 1 aliphatic rings. The highest BCUT2D eigenvalue weighted by Crippen LogP contribution is 2.15. The van der Waals surface area contributed by atoms with Crippen molar-refractivity contribution in [1.29, 1.82) is 0 Å². The summed E-state index contributed by atoms with van der Waals surface area (Å²) in [5.41, 5.74) is 0. The van der Waals surface area contributed by atoms with Crippen LogP contribution in [-0.2, 0) is 9.84 Å². The van der Waals surface area contributed by atoms with Crippen LogP contribution in [0.5, 0.6) is 0 Å². The Hall–Kier alpha value is -0.0900. The Morgan fingerprint density at radius 3 is 2.21 bits per heavy atom. The number of rotatable bonds is 5. The fourth-order valence-corrected chi connectivity index (χ4v) is 3.54. The normalized spacial score (nSPS) is 18.4. The Labute approximate surface area is 165 Å². The molecule has 0 bridgehead atoms. The van der Waals surface area contributed by atoms with Gasteiger partial charge in [-0.1, -0.05) is 0 Å². The van der Waals surface area contributed by atoms with Gasteiger partial charge in [-0.2, -0.15) is 0 Å². The Morgan fingerprint density at radius 1 is 1.25 bits per heavy atom. The van der Waals surface area contributed by atoms with Crippen molar-refractivity contribution >= 4 is 39.8 Å². The van der Waals surface area contributed by atoms with E-state index in [1.807, 2.05) is 0 Å². The number of hydrogen-bond donors (Lipinski definition) is 2. The number of guanidine groups is 1. The summed E-state index contributed by atoms with van der Waals surface area (Å²) in [6, 6.07) is 0.992. The second-order valence-corrected chi connectivity index (χ2v) is 10.3. The molecule has 0 spiro atoms. The molecule has 0 saturated carbocycles. The van der Waals surface area contributed by atoms with Crippen molar-refractivity contribution in [2.75, 3.05) is 32.4 Å². The van der Waals surface area contributed by atoms with Gasteiger partial charge in [0.25, 0.3) is 0 Å². The van der Waals surface area contributed by atoms with E-state index in [-0.39, 0.29) is 29.7 Å². The SMILES string of the molecule is CN=C(NCCS(=O)(=O)C(C)(C)C)NC1CCN(C(C)C)CC1.I.